The number of carbonyl (C=O) groups excluding carboxylic acids is 1. The molecule has 0 saturated carbocycles. The van der Waals surface area contributed by atoms with E-state index in [-0.39, 0.29) is 5.97 Å². The molecule has 0 unspecified atom stereocenters. The summed E-state index contributed by atoms with van der Waals surface area (Å²) >= 11 is 1.29. The van der Waals surface area contributed by atoms with E-state index in [9.17, 15) is 4.79 Å². The van der Waals surface area contributed by atoms with Crippen molar-refractivity contribution in [1.29, 1.82) is 0 Å². The number of esters is 1. The Kier molecular flexibility index (Phi) is 3.33. The first-order valence-corrected chi connectivity index (χ1v) is 6.30. The largest absolute Gasteiger partial charge is 0.462 e. The maximum atomic E-state index is 11.8. The van der Waals surface area contributed by atoms with E-state index in [0.29, 0.717) is 29.3 Å². The molecule has 5 nitrogen and oxygen atoms in total. The highest BCUT2D eigenvalue weighted by molar-refractivity contribution is 7.18. The second kappa shape index (κ2) is 4.75. The predicted molar refractivity (Wildman–Crippen MR) is 65.9 cm³/mol. The third-order valence-corrected chi connectivity index (χ3v) is 3.85. The molecule has 0 fully saturated rings. The van der Waals surface area contributed by atoms with Crippen LogP contribution < -0.4 is 5.73 Å². The molecule has 17 heavy (non-hydrogen) atoms. The summed E-state index contributed by atoms with van der Waals surface area (Å²) in [6.45, 7) is 2.08. The summed E-state index contributed by atoms with van der Waals surface area (Å²) in [6.07, 6.45) is 2.34. The molecule has 92 valence electrons. The number of thiophene rings is 1. The second-order valence-electron chi connectivity index (χ2n) is 3.77. The van der Waals surface area contributed by atoms with Crippen LogP contribution in [0.5, 0.6) is 0 Å². The molecule has 6 heteroatoms. The van der Waals surface area contributed by atoms with Crippen LogP contribution in [0.2, 0.25) is 0 Å². The van der Waals surface area contributed by atoms with Crippen molar-refractivity contribution in [3.8, 4) is 0 Å². The van der Waals surface area contributed by atoms with E-state index in [4.69, 9.17) is 15.7 Å². The lowest BCUT2D eigenvalue weighted by atomic mass is 9.94. The number of fused-ring (bicyclic) bond motifs is 1. The number of carbonyl (C=O) groups is 1. The number of hydrogen-bond donors (Lipinski definition) is 2. The summed E-state index contributed by atoms with van der Waals surface area (Å²) in [5, 5.41) is 12.6. The van der Waals surface area contributed by atoms with E-state index in [1.54, 1.807) is 6.92 Å². The molecule has 1 aliphatic carbocycles. The van der Waals surface area contributed by atoms with Gasteiger partial charge in [-0.1, -0.05) is 5.16 Å². The van der Waals surface area contributed by atoms with Gasteiger partial charge in [-0.15, -0.1) is 11.3 Å². The molecule has 0 atom stereocenters. The minimum Gasteiger partial charge on any atom is -0.462 e. The zero-order valence-corrected chi connectivity index (χ0v) is 10.3. The van der Waals surface area contributed by atoms with Gasteiger partial charge >= 0.3 is 5.97 Å². The number of nitrogens with zero attached hydrogens (tertiary/aromatic N) is 1. The topological polar surface area (TPSA) is 84.9 Å². The van der Waals surface area contributed by atoms with Crippen molar-refractivity contribution in [2.24, 2.45) is 5.16 Å². The standard InChI is InChI=1S/C11H14N2O3S/c1-2-16-11(14)8-6-4-3-5-7(13-15)9(6)17-10(8)12/h15H,2-5,12H2,1H3/b13-7-. The Morgan fingerprint density at radius 3 is 3.00 bits per heavy atom. The third kappa shape index (κ3) is 2.00. The molecule has 2 rings (SSSR count). The molecule has 0 spiro atoms. The maximum Gasteiger partial charge on any atom is 0.341 e. The molecule has 0 radical (unpaired) electrons. The molecule has 0 bridgehead atoms. The molecular weight excluding hydrogens is 240 g/mol. The van der Waals surface area contributed by atoms with E-state index >= 15 is 0 Å². The van der Waals surface area contributed by atoms with Crippen LogP contribution in [0, 0.1) is 0 Å². The van der Waals surface area contributed by atoms with Gasteiger partial charge in [0.15, 0.2) is 0 Å². The van der Waals surface area contributed by atoms with Gasteiger partial charge in [0.05, 0.1) is 22.8 Å². The van der Waals surface area contributed by atoms with Crippen LogP contribution in [0.4, 0.5) is 5.00 Å². The SMILES string of the molecule is CCOC(=O)c1c(N)sc2c1CCC/C2=N/O. The lowest BCUT2D eigenvalue weighted by molar-refractivity contribution is 0.0527. The molecule has 1 heterocycles. The van der Waals surface area contributed by atoms with E-state index in [1.165, 1.54) is 11.3 Å². The summed E-state index contributed by atoms with van der Waals surface area (Å²) in [5.74, 6) is -0.387. The Morgan fingerprint density at radius 2 is 2.35 bits per heavy atom. The minimum absolute atomic E-state index is 0.323. The summed E-state index contributed by atoms with van der Waals surface area (Å²) in [4.78, 5) is 12.6. The first-order chi connectivity index (χ1) is 8.19. The van der Waals surface area contributed by atoms with Gasteiger partial charge < -0.3 is 15.7 Å². The van der Waals surface area contributed by atoms with Crippen molar-refractivity contribution >= 4 is 28.0 Å². The van der Waals surface area contributed by atoms with Crippen molar-refractivity contribution in [1.82, 2.24) is 0 Å². The fourth-order valence-electron chi connectivity index (χ4n) is 2.03. The van der Waals surface area contributed by atoms with Gasteiger partial charge in [-0.2, -0.15) is 0 Å². The van der Waals surface area contributed by atoms with Crippen molar-refractivity contribution in [2.45, 2.75) is 26.2 Å². The first-order valence-electron chi connectivity index (χ1n) is 5.48. The van der Waals surface area contributed by atoms with Crippen LogP contribution >= 0.6 is 11.3 Å². The van der Waals surface area contributed by atoms with Crippen molar-refractivity contribution in [3.63, 3.8) is 0 Å². The van der Waals surface area contributed by atoms with E-state index in [1.807, 2.05) is 0 Å². The molecule has 1 aromatic rings. The van der Waals surface area contributed by atoms with Crippen LogP contribution in [0.3, 0.4) is 0 Å². The summed E-state index contributed by atoms with van der Waals surface area (Å²) in [6, 6.07) is 0. The number of ether oxygens (including phenoxy) is 1. The van der Waals surface area contributed by atoms with Crippen molar-refractivity contribution in [3.05, 3.63) is 16.0 Å². The van der Waals surface area contributed by atoms with Gasteiger partial charge in [0.25, 0.3) is 0 Å². The Labute approximate surface area is 103 Å². The van der Waals surface area contributed by atoms with Gasteiger partial charge in [0.2, 0.25) is 0 Å². The van der Waals surface area contributed by atoms with Crippen molar-refractivity contribution in [2.75, 3.05) is 12.3 Å². The normalized spacial score (nSPS) is 16.9. The highest BCUT2D eigenvalue weighted by Crippen LogP contribution is 2.36. The summed E-state index contributed by atoms with van der Waals surface area (Å²) in [5.41, 5.74) is 7.78. The lowest BCUT2D eigenvalue weighted by Crippen LogP contribution is -2.14. The smallest absolute Gasteiger partial charge is 0.341 e. The van der Waals surface area contributed by atoms with E-state index in [0.717, 1.165) is 23.3 Å². The Morgan fingerprint density at radius 1 is 1.59 bits per heavy atom. The predicted octanol–water partition coefficient (Wildman–Crippen LogP) is 2.02. The number of nitrogens with two attached hydrogens (primary N) is 1. The van der Waals surface area contributed by atoms with Gasteiger partial charge in [0, 0.05) is 0 Å². The number of rotatable bonds is 2. The van der Waals surface area contributed by atoms with Gasteiger partial charge in [-0.25, -0.2) is 4.79 Å². The van der Waals surface area contributed by atoms with E-state index < -0.39 is 0 Å². The van der Waals surface area contributed by atoms with Gasteiger partial charge in [-0.3, -0.25) is 0 Å². The molecule has 3 N–H and O–H groups in total. The van der Waals surface area contributed by atoms with Gasteiger partial charge in [-0.05, 0) is 31.7 Å². The number of oxime groups is 1. The van der Waals surface area contributed by atoms with Crippen LogP contribution in [0.1, 0.15) is 40.6 Å². The lowest BCUT2D eigenvalue weighted by Gasteiger charge is -2.13. The van der Waals surface area contributed by atoms with Crippen LogP contribution in [0.25, 0.3) is 0 Å². The third-order valence-electron chi connectivity index (χ3n) is 2.74. The molecule has 0 amide bonds. The Bertz CT molecular complexity index is 479. The average molecular weight is 254 g/mol. The fourth-order valence-corrected chi connectivity index (χ4v) is 3.14. The highest BCUT2D eigenvalue weighted by Gasteiger charge is 2.28. The first kappa shape index (κ1) is 11.9. The summed E-state index contributed by atoms with van der Waals surface area (Å²) in [7, 11) is 0. The molecule has 0 aliphatic heterocycles. The second-order valence-corrected chi connectivity index (χ2v) is 4.82. The minimum atomic E-state index is -0.387. The highest BCUT2D eigenvalue weighted by atomic mass is 32.1. The molecule has 1 aliphatic rings. The quantitative estimate of drug-likeness (QED) is 0.480. The Balaban J connectivity index is 2.48. The van der Waals surface area contributed by atoms with E-state index in [2.05, 4.69) is 5.16 Å². The number of nitrogen functional groups attached to an aromatic ring is 1. The molecular formula is C11H14N2O3S. The average Bonchev–Trinajstić information content (AvgIpc) is 2.65. The number of anilines is 1. The summed E-state index contributed by atoms with van der Waals surface area (Å²) < 4.78 is 4.99. The Hall–Kier alpha value is -1.56. The zero-order valence-electron chi connectivity index (χ0n) is 9.52. The van der Waals surface area contributed by atoms with Crippen LogP contribution in [0.15, 0.2) is 5.16 Å². The fraction of sp³-hybridized carbons (Fsp3) is 0.455. The van der Waals surface area contributed by atoms with Crippen molar-refractivity contribution < 1.29 is 14.7 Å². The molecule has 1 aromatic heterocycles. The van der Waals surface area contributed by atoms with Crippen LogP contribution in [-0.4, -0.2) is 23.5 Å². The zero-order chi connectivity index (χ0) is 12.4. The maximum absolute atomic E-state index is 11.8. The monoisotopic (exact) mass is 254 g/mol. The number of hydrogen-bond acceptors (Lipinski definition) is 6. The molecule has 0 saturated heterocycles. The molecule has 0 aromatic carbocycles. The van der Waals surface area contributed by atoms with Crippen LogP contribution in [-0.2, 0) is 11.2 Å². The van der Waals surface area contributed by atoms with Gasteiger partial charge in [0.1, 0.15) is 5.00 Å².